The lowest BCUT2D eigenvalue weighted by molar-refractivity contribution is 0.174. The van der Waals surface area contributed by atoms with E-state index in [-0.39, 0.29) is 0 Å². The second-order valence-electron chi connectivity index (χ2n) is 2.43. The molecule has 64 valence electrons. The van der Waals surface area contributed by atoms with Crippen LogP contribution in [-0.2, 0) is 4.43 Å². The van der Waals surface area contributed by atoms with Gasteiger partial charge in [-0.05, 0) is 17.7 Å². The van der Waals surface area contributed by atoms with E-state index in [0.29, 0.717) is 6.79 Å². The molecule has 12 heavy (non-hydrogen) atoms. The summed E-state index contributed by atoms with van der Waals surface area (Å²) >= 11 is 5.79. The molecule has 1 aromatic rings. The van der Waals surface area contributed by atoms with Crippen molar-refractivity contribution in [3.05, 3.63) is 22.2 Å². The van der Waals surface area contributed by atoms with E-state index >= 15 is 0 Å². The van der Waals surface area contributed by atoms with Gasteiger partial charge in [-0.15, -0.1) is 0 Å². The maximum absolute atomic E-state index is 5.25. The van der Waals surface area contributed by atoms with Crippen molar-refractivity contribution >= 4 is 38.5 Å². The number of ether oxygens (including phenoxy) is 2. The first kappa shape index (κ1) is 8.62. The molecule has 0 bridgehead atoms. The number of rotatable bonds is 1. The summed E-state index contributed by atoms with van der Waals surface area (Å²) in [5.41, 5.74) is 1.24. The molecule has 4 heteroatoms. The van der Waals surface area contributed by atoms with E-state index in [9.17, 15) is 0 Å². The fourth-order valence-corrected chi connectivity index (χ4v) is 2.68. The highest BCUT2D eigenvalue weighted by Crippen LogP contribution is 2.37. The van der Waals surface area contributed by atoms with Crippen molar-refractivity contribution in [3.63, 3.8) is 0 Å². The molecule has 1 aromatic carbocycles. The highest BCUT2D eigenvalue weighted by atomic mass is 127. The predicted octanol–water partition coefficient (Wildman–Crippen LogP) is 3.11. The van der Waals surface area contributed by atoms with Crippen molar-refractivity contribution in [2.75, 3.05) is 6.79 Å². The molecule has 0 unspecified atom stereocenters. The van der Waals surface area contributed by atoms with Crippen LogP contribution in [0.3, 0.4) is 0 Å². The first-order valence-corrected chi connectivity index (χ1v) is 5.77. The summed E-state index contributed by atoms with van der Waals surface area (Å²) in [7, 11) is 0. The van der Waals surface area contributed by atoms with Crippen LogP contribution in [0.1, 0.15) is 5.56 Å². The topological polar surface area (TPSA) is 18.5 Å². The number of hydrogen-bond donors (Lipinski definition) is 0. The van der Waals surface area contributed by atoms with Gasteiger partial charge in [0.15, 0.2) is 11.5 Å². The van der Waals surface area contributed by atoms with Crippen LogP contribution in [0.15, 0.2) is 16.6 Å². The highest BCUT2D eigenvalue weighted by Gasteiger charge is 2.15. The normalized spacial score (nSPS) is 13.5. The van der Waals surface area contributed by atoms with Crippen LogP contribution in [0.4, 0.5) is 0 Å². The maximum Gasteiger partial charge on any atom is 0.231 e. The van der Waals surface area contributed by atoms with Gasteiger partial charge in [0.05, 0.1) is 0 Å². The van der Waals surface area contributed by atoms with Crippen molar-refractivity contribution in [3.8, 4) is 11.5 Å². The first-order chi connectivity index (χ1) is 5.81. The Bertz CT molecular complexity index is 313. The number of alkyl halides is 1. The molecule has 2 nitrogen and oxygen atoms in total. The van der Waals surface area contributed by atoms with Gasteiger partial charge in [0, 0.05) is 8.90 Å². The van der Waals surface area contributed by atoms with Crippen molar-refractivity contribution in [1.82, 2.24) is 0 Å². The Labute approximate surface area is 92.5 Å². The first-order valence-electron chi connectivity index (χ1n) is 3.45. The van der Waals surface area contributed by atoms with Crippen LogP contribution in [0.5, 0.6) is 11.5 Å². The molecule has 0 amide bonds. The maximum atomic E-state index is 5.25. The quantitative estimate of drug-likeness (QED) is 0.577. The molecule has 1 heterocycles. The molecule has 2 rings (SSSR count). The molecule has 0 fully saturated rings. The number of hydrogen-bond acceptors (Lipinski definition) is 2. The van der Waals surface area contributed by atoms with Gasteiger partial charge in [0.2, 0.25) is 6.79 Å². The van der Waals surface area contributed by atoms with E-state index in [2.05, 4.69) is 38.5 Å². The van der Waals surface area contributed by atoms with E-state index < -0.39 is 0 Å². The SMILES string of the molecule is Brc1cc2c(cc1CI)OCO2. The smallest absolute Gasteiger partial charge is 0.231 e. The zero-order chi connectivity index (χ0) is 8.55. The van der Waals surface area contributed by atoms with Crippen molar-refractivity contribution in [1.29, 1.82) is 0 Å². The number of fused-ring (bicyclic) bond motifs is 1. The van der Waals surface area contributed by atoms with Gasteiger partial charge in [-0.1, -0.05) is 38.5 Å². The van der Waals surface area contributed by atoms with E-state index in [0.717, 1.165) is 20.4 Å². The zero-order valence-electron chi connectivity index (χ0n) is 6.14. The second-order valence-corrected chi connectivity index (χ2v) is 4.05. The van der Waals surface area contributed by atoms with Crippen molar-refractivity contribution < 1.29 is 9.47 Å². The Hall–Kier alpha value is 0.0300. The van der Waals surface area contributed by atoms with Gasteiger partial charge < -0.3 is 9.47 Å². The molecular weight excluding hydrogens is 335 g/mol. The third-order valence-corrected chi connectivity index (χ3v) is 3.25. The summed E-state index contributed by atoms with van der Waals surface area (Å²) in [5, 5.41) is 0. The van der Waals surface area contributed by atoms with Crippen LogP contribution in [-0.4, -0.2) is 6.79 Å². The molecule has 0 radical (unpaired) electrons. The Kier molecular flexibility index (Phi) is 2.45. The van der Waals surface area contributed by atoms with E-state index in [1.807, 2.05) is 12.1 Å². The molecule has 1 aliphatic rings. The summed E-state index contributed by atoms with van der Waals surface area (Å²) in [4.78, 5) is 0. The minimum Gasteiger partial charge on any atom is -0.454 e. The molecule has 0 saturated carbocycles. The van der Waals surface area contributed by atoms with Crippen molar-refractivity contribution in [2.24, 2.45) is 0 Å². The van der Waals surface area contributed by atoms with E-state index in [1.54, 1.807) is 0 Å². The minimum atomic E-state index is 0.340. The molecule has 0 aliphatic carbocycles. The standard InChI is InChI=1S/C8H6BrIO2/c9-6-2-8-7(11-4-12-8)1-5(6)3-10/h1-2H,3-4H2. The molecule has 0 N–H and O–H groups in total. The third kappa shape index (κ3) is 1.42. The molecular formula is C8H6BrIO2. The predicted molar refractivity (Wildman–Crippen MR) is 58.0 cm³/mol. The third-order valence-electron chi connectivity index (χ3n) is 1.69. The van der Waals surface area contributed by atoms with Crippen molar-refractivity contribution in [2.45, 2.75) is 4.43 Å². The Morgan fingerprint density at radius 1 is 1.33 bits per heavy atom. The van der Waals surface area contributed by atoms with Crippen LogP contribution < -0.4 is 9.47 Å². The van der Waals surface area contributed by atoms with Gasteiger partial charge in [0.1, 0.15) is 0 Å². The van der Waals surface area contributed by atoms with Crippen LogP contribution in [0, 0.1) is 0 Å². The van der Waals surface area contributed by atoms with Gasteiger partial charge in [-0.25, -0.2) is 0 Å². The number of benzene rings is 1. The van der Waals surface area contributed by atoms with E-state index in [1.165, 1.54) is 5.56 Å². The fourth-order valence-electron chi connectivity index (χ4n) is 1.06. The lowest BCUT2D eigenvalue weighted by Gasteiger charge is -2.01. The molecule has 1 aliphatic heterocycles. The summed E-state index contributed by atoms with van der Waals surface area (Å²) in [6.07, 6.45) is 0. The Balaban J connectivity index is 2.49. The summed E-state index contributed by atoms with van der Waals surface area (Å²) in [5.74, 6) is 1.68. The van der Waals surface area contributed by atoms with Crippen LogP contribution >= 0.6 is 38.5 Å². The van der Waals surface area contributed by atoms with Gasteiger partial charge in [-0.3, -0.25) is 0 Å². The van der Waals surface area contributed by atoms with E-state index in [4.69, 9.17) is 9.47 Å². The Morgan fingerprint density at radius 3 is 2.67 bits per heavy atom. The average molecular weight is 341 g/mol. The van der Waals surface area contributed by atoms with Crippen LogP contribution in [0.25, 0.3) is 0 Å². The van der Waals surface area contributed by atoms with Gasteiger partial charge >= 0.3 is 0 Å². The number of halogens is 2. The van der Waals surface area contributed by atoms with Gasteiger partial charge in [-0.2, -0.15) is 0 Å². The minimum absolute atomic E-state index is 0.340. The van der Waals surface area contributed by atoms with Gasteiger partial charge in [0.25, 0.3) is 0 Å². The molecule has 0 spiro atoms. The lowest BCUT2D eigenvalue weighted by Crippen LogP contribution is -1.92. The Morgan fingerprint density at radius 2 is 2.00 bits per heavy atom. The van der Waals surface area contributed by atoms with Crippen LogP contribution in [0.2, 0.25) is 0 Å². The second kappa shape index (κ2) is 3.41. The zero-order valence-corrected chi connectivity index (χ0v) is 9.88. The summed E-state index contributed by atoms with van der Waals surface area (Å²) in [6.45, 7) is 0.340. The average Bonchev–Trinajstić information content (AvgIpc) is 2.49. The lowest BCUT2D eigenvalue weighted by atomic mass is 10.2. The largest absolute Gasteiger partial charge is 0.454 e. The fraction of sp³-hybridized carbons (Fsp3) is 0.250. The summed E-state index contributed by atoms with van der Waals surface area (Å²) in [6, 6.07) is 3.97. The highest BCUT2D eigenvalue weighted by molar-refractivity contribution is 14.1. The monoisotopic (exact) mass is 340 g/mol. The molecule has 0 atom stereocenters. The summed E-state index contributed by atoms with van der Waals surface area (Å²) < 4.78 is 12.5. The molecule has 0 aromatic heterocycles. The molecule has 0 saturated heterocycles.